The van der Waals surface area contributed by atoms with Crippen molar-refractivity contribution in [3.63, 3.8) is 0 Å². The molecule has 0 aliphatic carbocycles. The van der Waals surface area contributed by atoms with Gasteiger partial charge in [0, 0.05) is 13.0 Å². The van der Waals surface area contributed by atoms with Crippen LogP contribution in [0.3, 0.4) is 0 Å². The maximum absolute atomic E-state index is 13.0. The first-order valence-corrected chi connectivity index (χ1v) is 6.34. The Balaban J connectivity index is 1.87. The molecule has 0 aromatic rings. The van der Waals surface area contributed by atoms with Gasteiger partial charge in [0.25, 0.3) is 5.92 Å². The summed E-state index contributed by atoms with van der Waals surface area (Å²) in [7, 11) is 0. The average molecular weight is 315 g/mol. The highest BCUT2D eigenvalue weighted by Crippen LogP contribution is 2.26. The SMILES string of the molecule is O=C(NC1CCN(CC(F)(F)F)C1=O)C1CC(F)(F)CN1. The molecule has 120 valence electrons. The first kappa shape index (κ1) is 15.9. The molecule has 0 aromatic heterocycles. The summed E-state index contributed by atoms with van der Waals surface area (Å²) in [5, 5.41) is 4.55. The molecule has 2 fully saturated rings. The zero-order chi connectivity index (χ0) is 15.8. The van der Waals surface area contributed by atoms with Gasteiger partial charge in [0.15, 0.2) is 0 Å². The fourth-order valence-corrected chi connectivity index (χ4v) is 2.42. The maximum Gasteiger partial charge on any atom is 0.406 e. The number of carbonyl (C=O) groups is 2. The summed E-state index contributed by atoms with van der Waals surface area (Å²) < 4.78 is 62.6. The Morgan fingerprint density at radius 2 is 2.10 bits per heavy atom. The highest BCUT2D eigenvalue weighted by molar-refractivity contribution is 5.91. The zero-order valence-electron chi connectivity index (χ0n) is 10.8. The first-order chi connectivity index (χ1) is 9.57. The molecule has 2 saturated heterocycles. The first-order valence-electron chi connectivity index (χ1n) is 6.34. The Morgan fingerprint density at radius 1 is 1.43 bits per heavy atom. The Hall–Kier alpha value is -1.45. The predicted octanol–water partition coefficient (Wildman–Crippen LogP) is 0.263. The van der Waals surface area contributed by atoms with E-state index in [0.29, 0.717) is 4.90 Å². The molecule has 10 heteroatoms. The van der Waals surface area contributed by atoms with Crippen molar-refractivity contribution in [3.8, 4) is 0 Å². The molecule has 0 aromatic carbocycles. The van der Waals surface area contributed by atoms with E-state index in [9.17, 15) is 31.5 Å². The zero-order valence-corrected chi connectivity index (χ0v) is 10.8. The summed E-state index contributed by atoms with van der Waals surface area (Å²) in [6.07, 6.45) is -5.17. The molecule has 21 heavy (non-hydrogen) atoms. The highest BCUT2D eigenvalue weighted by atomic mass is 19.4. The van der Waals surface area contributed by atoms with Gasteiger partial charge in [0.2, 0.25) is 11.8 Å². The van der Waals surface area contributed by atoms with E-state index in [1.165, 1.54) is 0 Å². The van der Waals surface area contributed by atoms with E-state index in [-0.39, 0.29) is 13.0 Å². The van der Waals surface area contributed by atoms with E-state index < -0.39 is 55.5 Å². The van der Waals surface area contributed by atoms with E-state index in [1.54, 1.807) is 0 Å². The Labute approximate surface area is 116 Å². The van der Waals surface area contributed by atoms with Gasteiger partial charge in [-0.2, -0.15) is 13.2 Å². The van der Waals surface area contributed by atoms with Crippen LogP contribution in [0.4, 0.5) is 22.0 Å². The third-order valence-corrected chi connectivity index (χ3v) is 3.41. The second kappa shape index (κ2) is 5.39. The van der Waals surface area contributed by atoms with Crippen molar-refractivity contribution in [1.29, 1.82) is 0 Å². The largest absolute Gasteiger partial charge is 0.406 e. The van der Waals surface area contributed by atoms with Crippen molar-refractivity contribution >= 4 is 11.8 Å². The van der Waals surface area contributed by atoms with Gasteiger partial charge in [-0.25, -0.2) is 8.78 Å². The summed E-state index contributed by atoms with van der Waals surface area (Å²) >= 11 is 0. The fraction of sp³-hybridized carbons (Fsp3) is 0.818. The van der Waals surface area contributed by atoms with Gasteiger partial charge in [-0.15, -0.1) is 0 Å². The van der Waals surface area contributed by atoms with Gasteiger partial charge in [-0.05, 0) is 6.42 Å². The lowest BCUT2D eigenvalue weighted by Crippen LogP contribution is -2.49. The molecule has 2 unspecified atom stereocenters. The number of rotatable bonds is 3. The Kier molecular flexibility index (Phi) is 4.09. The van der Waals surface area contributed by atoms with E-state index >= 15 is 0 Å². The van der Waals surface area contributed by atoms with Crippen LogP contribution in [0.2, 0.25) is 0 Å². The monoisotopic (exact) mass is 315 g/mol. The number of hydrogen-bond acceptors (Lipinski definition) is 3. The molecule has 0 bridgehead atoms. The van der Waals surface area contributed by atoms with Gasteiger partial charge in [-0.1, -0.05) is 0 Å². The summed E-state index contributed by atoms with van der Waals surface area (Å²) in [4.78, 5) is 24.0. The van der Waals surface area contributed by atoms with Gasteiger partial charge in [-0.3, -0.25) is 14.9 Å². The molecule has 2 atom stereocenters. The third kappa shape index (κ3) is 4.02. The van der Waals surface area contributed by atoms with Crippen molar-refractivity contribution < 1.29 is 31.5 Å². The normalized spacial score (nSPS) is 29.0. The highest BCUT2D eigenvalue weighted by Gasteiger charge is 2.44. The second-order valence-electron chi connectivity index (χ2n) is 5.22. The van der Waals surface area contributed by atoms with Crippen LogP contribution < -0.4 is 10.6 Å². The van der Waals surface area contributed by atoms with Crippen molar-refractivity contribution in [1.82, 2.24) is 15.5 Å². The molecule has 0 spiro atoms. The van der Waals surface area contributed by atoms with Crippen LogP contribution in [-0.4, -0.2) is 60.5 Å². The van der Waals surface area contributed by atoms with Gasteiger partial charge < -0.3 is 10.2 Å². The number of nitrogens with zero attached hydrogens (tertiary/aromatic N) is 1. The minimum Gasteiger partial charge on any atom is -0.343 e. The summed E-state index contributed by atoms with van der Waals surface area (Å²) in [5.74, 6) is -4.63. The number of nitrogens with one attached hydrogen (secondary N) is 2. The number of amides is 2. The molecule has 2 amide bonds. The summed E-state index contributed by atoms with van der Waals surface area (Å²) in [6, 6.07) is -2.22. The molecule has 5 nitrogen and oxygen atoms in total. The molecule has 2 rings (SSSR count). The Bertz CT molecular complexity index is 440. The van der Waals surface area contributed by atoms with Crippen LogP contribution in [0.1, 0.15) is 12.8 Å². The van der Waals surface area contributed by atoms with E-state index in [0.717, 1.165) is 0 Å². The number of alkyl halides is 5. The minimum absolute atomic E-state index is 0.0315. The van der Waals surface area contributed by atoms with E-state index in [2.05, 4.69) is 10.6 Å². The topological polar surface area (TPSA) is 61.4 Å². The molecule has 2 N–H and O–H groups in total. The van der Waals surface area contributed by atoms with Crippen molar-refractivity contribution in [2.24, 2.45) is 0 Å². The standard InChI is InChI=1S/C11H14F5N3O2/c12-10(13)3-7(17-4-10)8(20)18-6-1-2-19(9(6)21)5-11(14,15)16/h6-7,17H,1-5H2,(H,18,20). The average Bonchev–Trinajstić information content (AvgIpc) is 2.84. The molecule has 0 saturated carbocycles. The van der Waals surface area contributed by atoms with Crippen LogP contribution in [0.15, 0.2) is 0 Å². The number of halogens is 5. The number of hydrogen-bond donors (Lipinski definition) is 2. The van der Waals surface area contributed by atoms with Gasteiger partial charge >= 0.3 is 6.18 Å². The number of likely N-dealkylation sites (tertiary alicyclic amines) is 1. The number of carbonyl (C=O) groups excluding carboxylic acids is 2. The fourth-order valence-electron chi connectivity index (χ4n) is 2.42. The van der Waals surface area contributed by atoms with Crippen molar-refractivity contribution in [3.05, 3.63) is 0 Å². The molecule has 2 aliphatic heterocycles. The minimum atomic E-state index is -4.51. The van der Waals surface area contributed by atoms with Crippen LogP contribution in [-0.2, 0) is 9.59 Å². The lowest BCUT2D eigenvalue weighted by molar-refractivity contribution is -0.158. The predicted molar refractivity (Wildman–Crippen MR) is 60.5 cm³/mol. The molecular weight excluding hydrogens is 301 g/mol. The second-order valence-corrected chi connectivity index (χ2v) is 5.22. The Morgan fingerprint density at radius 3 is 2.62 bits per heavy atom. The molecule has 2 aliphatic rings. The van der Waals surface area contributed by atoms with Crippen molar-refractivity contribution in [2.45, 2.75) is 37.0 Å². The maximum atomic E-state index is 13.0. The van der Waals surface area contributed by atoms with Gasteiger partial charge in [0.1, 0.15) is 12.6 Å². The van der Waals surface area contributed by atoms with Crippen LogP contribution in [0.5, 0.6) is 0 Å². The van der Waals surface area contributed by atoms with Crippen LogP contribution in [0, 0.1) is 0 Å². The lowest BCUT2D eigenvalue weighted by atomic mass is 10.1. The third-order valence-electron chi connectivity index (χ3n) is 3.41. The molecular formula is C11H14F5N3O2. The van der Waals surface area contributed by atoms with E-state index in [1.807, 2.05) is 0 Å². The smallest absolute Gasteiger partial charge is 0.343 e. The van der Waals surface area contributed by atoms with Crippen molar-refractivity contribution in [2.75, 3.05) is 19.6 Å². The molecule has 0 radical (unpaired) electrons. The molecule has 2 heterocycles. The summed E-state index contributed by atoms with van der Waals surface area (Å²) in [5.41, 5.74) is 0. The van der Waals surface area contributed by atoms with Crippen LogP contribution in [0.25, 0.3) is 0 Å². The summed E-state index contributed by atoms with van der Waals surface area (Å²) in [6.45, 7) is -2.14. The van der Waals surface area contributed by atoms with Gasteiger partial charge in [0.05, 0.1) is 12.6 Å². The van der Waals surface area contributed by atoms with E-state index in [4.69, 9.17) is 0 Å². The van der Waals surface area contributed by atoms with Crippen LogP contribution >= 0.6 is 0 Å². The lowest BCUT2D eigenvalue weighted by Gasteiger charge is -2.19. The quantitative estimate of drug-likeness (QED) is 0.735.